The Morgan fingerprint density at radius 2 is 2.33 bits per heavy atom. The molecule has 1 aliphatic rings. The first-order valence-electron chi connectivity index (χ1n) is 6.49. The molecular weight excluding hydrogens is 276 g/mol. The fourth-order valence-corrected chi connectivity index (χ4v) is 1.81. The Labute approximate surface area is 121 Å². The van der Waals surface area contributed by atoms with Crippen LogP contribution in [0.25, 0.3) is 0 Å². The summed E-state index contributed by atoms with van der Waals surface area (Å²) in [5.74, 6) is -0.804. The molecule has 0 saturated heterocycles. The summed E-state index contributed by atoms with van der Waals surface area (Å²) < 4.78 is 5.38. The van der Waals surface area contributed by atoms with Gasteiger partial charge in [0.15, 0.2) is 0 Å². The van der Waals surface area contributed by atoms with Crippen molar-refractivity contribution in [3.05, 3.63) is 29.8 Å². The number of carboxylic acid groups (broad SMARTS) is 1. The van der Waals surface area contributed by atoms with E-state index in [1.54, 1.807) is 19.1 Å². The Morgan fingerprint density at radius 3 is 3.00 bits per heavy atom. The van der Waals surface area contributed by atoms with Gasteiger partial charge in [-0.05, 0) is 25.1 Å². The molecule has 1 aromatic rings. The average molecular weight is 292 g/mol. The second kappa shape index (κ2) is 6.74. The lowest BCUT2D eigenvalue weighted by Gasteiger charge is -2.10. The molecule has 1 aromatic carbocycles. The first-order chi connectivity index (χ1) is 10.1. The van der Waals surface area contributed by atoms with Gasteiger partial charge in [0, 0.05) is 6.42 Å². The van der Waals surface area contributed by atoms with Crippen LogP contribution in [0, 0.1) is 0 Å². The van der Waals surface area contributed by atoms with E-state index in [1.807, 2.05) is 0 Å². The molecule has 0 aromatic heterocycles. The van der Waals surface area contributed by atoms with E-state index in [-0.39, 0.29) is 18.1 Å². The lowest BCUT2D eigenvalue weighted by Crippen LogP contribution is -2.36. The highest BCUT2D eigenvalue weighted by atomic mass is 16.6. The number of carbonyl (C=O) groups excluding carboxylic acids is 1. The van der Waals surface area contributed by atoms with E-state index in [1.165, 1.54) is 12.1 Å². The fraction of sp³-hybridized carbons (Fsp3) is 0.357. The van der Waals surface area contributed by atoms with Gasteiger partial charge in [0.05, 0.1) is 17.8 Å². The molecule has 0 aliphatic carbocycles. The van der Waals surface area contributed by atoms with Crippen LogP contribution < -0.4 is 10.1 Å². The van der Waals surface area contributed by atoms with Crippen molar-refractivity contribution in [3.63, 3.8) is 0 Å². The molecule has 112 valence electrons. The number of benzene rings is 1. The molecule has 0 saturated carbocycles. The number of amides is 1. The summed E-state index contributed by atoms with van der Waals surface area (Å²) in [6.07, 6.45) is -0.0757. The quantitative estimate of drug-likeness (QED) is 0.764. The summed E-state index contributed by atoms with van der Waals surface area (Å²) in [6.45, 7) is 2.34. The predicted molar refractivity (Wildman–Crippen MR) is 74.5 cm³/mol. The Hall–Kier alpha value is -2.57. The van der Waals surface area contributed by atoms with Crippen LogP contribution in [0.1, 0.15) is 23.7 Å². The fourth-order valence-electron chi connectivity index (χ4n) is 1.81. The number of rotatable bonds is 6. The van der Waals surface area contributed by atoms with Gasteiger partial charge in [-0.1, -0.05) is 11.2 Å². The van der Waals surface area contributed by atoms with Crippen LogP contribution in [0.2, 0.25) is 0 Å². The van der Waals surface area contributed by atoms with Gasteiger partial charge in [0.2, 0.25) is 6.10 Å². The average Bonchev–Trinajstić information content (AvgIpc) is 2.90. The lowest BCUT2D eigenvalue weighted by atomic mass is 10.2. The van der Waals surface area contributed by atoms with Crippen LogP contribution in [0.15, 0.2) is 29.4 Å². The molecule has 1 heterocycles. The molecule has 0 bridgehead atoms. The minimum absolute atomic E-state index is 0.156. The summed E-state index contributed by atoms with van der Waals surface area (Å²) in [5, 5.41) is 15.2. The maximum absolute atomic E-state index is 11.7. The minimum Gasteiger partial charge on any atom is -0.492 e. The zero-order chi connectivity index (χ0) is 15.2. The number of hydrogen-bond donors (Lipinski definition) is 2. The van der Waals surface area contributed by atoms with E-state index in [4.69, 9.17) is 14.7 Å². The van der Waals surface area contributed by atoms with E-state index in [0.717, 1.165) is 5.71 Å². The first kappa shape index (κ1) is 14.8. The molecule has 1 amide bonds. The summed E-state index contributed by atoms with van der Waals surface area (Å²) in [7, 11) is 0. The molecule has 7 nitrogen and oxygen atoms in total. The van der Waals surface area contributed by atoms with E-state index in [9.17, 15) is 9.59 Å². The molecule has 1 atom stereocenters. The Bertz CT molecular complexity index is 570. The standard InChI is InChI=1S/C14H16N2O5/c1-9-7-12(21-16-9)13(17)15-5-6-20-11-4-2-3-10(8-11)14(18)19/h2-4,8,12H,5-7H2,1H3,(H,15,17)(H,18,19)/t12-/m0/s1. The molecule has 2 rings (SSSR count). The predicted octanol–water partition coefficient (Wildman–Crippen LogP) is 1.04. The maximum atomic E-state index is 11.7. The van der Waals surface area contributed by atoms with Gasteiger partial charge in [-0.2, -0.15) is 0 Å². The van der Waals surface area contributed by atoms with Gasteiger partial charge in [0.1, 0.15) is 12.4 Å². The smallest absolute Gasteiger partial charge is 0.335 e. The molecule has 1 aliphatic heterocycles. The van der Waals surface area contributed by atoms with Crippen molar-refractivity contribution in [1.29, 1.82) is 0 Å². The largest absolute Gasteiger partial charge is 0.492 e. The Kier molecular flexibility index (Phi) is 4.76. The van der Waals surface area contributed by atoms with Crippen LogP contribution in [0.3, 0.4) is 0 Å². The highest BCUT2D eigenvalue weighted by Crippen LogP contribution is 2.13. The van der Waals surface area contributed by atoms with Crippen molar-refractivity contribution in [3.8, 4) is 5.75 Å². The molecule has 7 heteroatoms. The lowest BCUT2D eigenvalue weighted by molar-refractivity contribution is -0.131. The molecule has 0 fully saturated rings. The summed E-state index contributed by atoms with van der Waals surface area (Å²) in [6, 6.07) is 6.17. The van der Waals surface area contributed by atoms with Gasteiger partial charge in [-0.15, -0.1) is 0 Å². The normalized spacial score (nSPS) is 16.8. The number of ether oxygens (including phenoxy) is 1. The van der Waals surface area contributed by atoms with Crippen LogP contribution in [0.5, 0.6) is 5.75 Å². The maximum Gasteiger partial charge on any atom is 0.335 e. The van der Waals surface area contributed by atoms with Crippen molar-refractivity contribution in [2.75, 3.05) is 13.2 Å². The highest BCUT2D eigenvalue weighted by Gasteiger charge is 2.25. The van der Waals surface area contributed by atoms with Gasteiger partial charge in [-0.25, -0.2) is 4.79 Å². The zero-order valence-electron chi connectivity index (χ0n) is 11.5. The van der Waals surface area contributed by atoms with E-state index < -0.39 is 12.1 Å². The Morgan fingerprint density at radius 1 is 1.52 bits per heavy atom. The topological polar surface area (TPSA) is 97.2 Å². The number of nitrogens with one attached hydrogen (secondary N) is 1. The molecule has 2 N–H and O–H groups in total. The zero-order valence-corrected chi connectivity index (χ0v) is 11.5. The Balaban J connectivity index is 1.71. The number of oxime groups is 1. The molecule has 0 unspecified atom stereocenters. The number of carboxylic acids is 1. The second-order valence-electron chi connectivity index (χ2n) is 4.60. The monoisotopic (exact) mass is 292 g/mol. The number of aromatic carboxylic acids is 1. The second-order valence-corrected chi connectivity index (χ2v) is 4.60. The highest BCUT2D eigenvalue weighted by molar-refractivity contribution is 5.91. The minimum atomic E-state index is -1.01. The molecule has 21 heavy (non-hydrogen) atoms. The van der Waals surface area contributed by atoms with E-state index in [2.05, 4.69) is 10.5 Å². The van der Waals surface area contributed by atoms with Gasteiger partial charge in [0.25, 0.3) is 5.91 Å². The molecule has 0 radical (unpaired) electrons. The van der Waals surface area contributed by atoms with Crippen LogP contribution in [0.4, 0.5) is 0 Å². The van der Waals surface area contributed by atoms with E-state index in [0.29, 0.717) is 18.7 Å². The summed E-state index contributed by atoms with van der Waals surface area (Å²) in [4.78, 5) is 27.5. The first-order valence-corrected chi connectivity index (χ1v) is 6.49. The third kappa shape index (κ3) is 4.20. The SMILES string of the molecule is CC1=NO[C@H](C(=O)NCCOc2cccc(C(=O)O)c2)C1. The van der Waals surface area contributed by atoms with Crippen molar-refractivity contribution in [2.45, 2.75) is 19.4 Å². The number of nitrogens with zero attached hydrogens (tertiary/aromatic N) is 1. The van der Waals surface area contributed by atoms with Crippen LogP contribution in [-0.2, 0) is 9.63 Å². The summed E-state index contributed by atoms with van der Waals surface area (Å²) >= 11 is 0. The van der Waals surface area contributed by atoms with Crippen molar-refractivity contribution in [1.82, 2.24) is 5.32 Å². The number of hydrogen-bond acceptors (Lipinski definition) is 5. The van der Waals surface area contributed by atoms with Crippen LogP contribution in [-0.4, -0.2) is 42.0 Å². The number of carbonyl (C=O) groups is 2. The molecular formula is C14H16N2O5. The van der Waals surface area contributed by atoms with E-state index >= 15 is 0 Å². The van der Waals surface area contributed by atoms with Crippen molar-refractivity contribution >= 4 is 17.6 Å². The van der Waals surface area contributed by atoms with Crippen molar-refractivity contribution in [2.24, 2.45) is 5.16 Å². The van der Waals surface area contributed by atoms with Gasteiger partial charge in [-0.3, -0.25) is 4.79 Å². The van der Waals surface area contributed by atoms with Crippen LogP contribution >= 0.6 is 0 Å². The third-order valence-electron chi connectivity index (χ3n) is 2.86. The van der Waals surface area contributed by atoms with Crippen molar-refractivity contribution < 1.29 is 24.3 Å². The van der Waals surface area contributed by atoms with Gasteiger partial charge >= 0.3 is 5.97 Å². The third-order valence-corrected chi connectivity index (χ3v) is 2.86. The molecule has 0 spiro atoms. The van der Waals surface area contributed by atoms with Gasteiger partial charge < -0.3 is 20.0 Å². The summed E-state index contributed by atoms with van der Waals surface area (Å²) in [5.41, 5.74) is 0.945.